The largest absolute Gasteiger partial charge is 0.426 e. The van der Waals surface area contributed by atoms with Crippen LogP contribution in [0.1, 0.15) is 36.0 Å². The van der Waals surface area contributed by atoms with Crippen LogP contribution in [-0.2, 0) is 4.79 Å². The maximum Gasteiger partial charge on any atom is 0.316 e. The molecule has 0 atom stereocenters. The number of benzene rings is 1. The van der Waals surface area contributed by atoms with E-state index in [9.17, 15) is 9.59 Å². The third kappa shape index (κ3) is 4.40. The van der Waals surface area contributed by atoms with E-state index < -0.39 is 5.41 Å². The van der Waals surface area contributed by atoms with Crippen LogP contribution < -0.4 is 4.74 Å². The molecule has 0 aliphatic carbocycles. The van der Waals surface area contributed by atoms with E-state index in [0.29, 0.717) is 11.3 Å². The maximum absolute atomic E-state index is 12.0. The van der Waals surface area contributed by atoms with E-state index >= 15 is 0 Å². The van der Waals surface area contributed by atoms with Crippen molar-refractivity contribution in [2.75, 3.05) is 0 Å². The van der Waals surface area contributed by atoms with E-state index in [4.69, 9.17) is 4.74 Å². The maximum atomic E-state index is 12.0. The predicted octanol–water partition coefficient (Wildman–Crippen LogP) is 4.60. The van der Waals surface area contributed by atoms with Gasteiger partial charge in [0.25, 0.3) is 0 Å². The lowest BCUT2D eigenvalue weighted by Gasteiger charge is -2.16. The van der Waals surface area contributed by atoms with Crippen LogP contribution in [0.4, 0.5) is 0 Å². The second kappa shape index (κ2) is 6.71. The normalized spacial score (nSPS) is 11.6. The van der Waals surface area contributed by atoms with Gasteiger partial charge in [-0.2, -0.15) is 0 Å². The molecule has 4 heteroatoms. The number of carbonyl (C=O) groups excluding carboxylic acids is 2. The molecule has 2 aromatic rings. The molecule has 0 amide bonds. The molecule has 0 saturated heterocycles. The van der Waals surface area contributed by atoms with Crippen LogP contribution in [0.25, 0.3) is 6.08 Å². The molecule has 2 rings (SSSR count). The van der Waals surface area contributed by atoms with Crippen molar-refractivity contribution in [3.05, 3.63) is 58.3 Å². The minimum absolute atomic E-state index is 0.0814. The zero-order valence-corrected chi connectivity index (χ0v) is 13.6. The summed E-state index contributed by atoms with van der Waals surface area (Å²) in [6.45, 7) is 5.38. The van der Waals surface area contributed by atoms with Gasteiger partial charge in [0.2, 0.25) is 0 Å². The molecular formula is C18H18O3S. The van der Waals surface area contributed by atoms with Crippen LogP contribution in [0.15, 0.2) is 47.9 Å². The molecule has 0 saturated carbocycles. The number of allylic oxidation sites excluding steroid dienone is 1. The van der Waals surface area contributed by atoms with Crippen molar-refractivity contribution in [1.82, 2.24) is 0 Å². The molecule has 0 fully saturated rings. The van der Waals surface area contributed by atoms with Gasteiger partial charge in [-0.25, -0.2) is 0 Å². The quantitative estimate of drug-likeness (QED) is 0.358. The summed E-state index contributed by atoms with van der Waals surface area (Å²) in [7, 11) is 0. The fraction of sp³-hybridized carbons (Fsp3) is 0.222. The fourth-order valence-electron chi connectivity index (χ4n) is 1.59. The molecule has 114 valence electrons. The zero-order chi connectivity index (χ0) is 16.2. The Balaban J connectivity index is 2.02. The van der Waals surface area contributed by atoms with Crippen molar-refractivity contribution in [2.24, 2.45) is 5.41 Å². The number of rotatable bonds is 4. The highest BCUT2D eigenvalue weighted by Crippen LogP contribution is 2.20. The van der Waals surface area contributed by atoms with Gasteiger partial charge in [0.05, 0.1) is 5.41 Å². The Labute approximate surface area is 134 Å². The molecular weight excluding hydrogens is 296 g/mol. The highest BCUT2D eigenvalue weighted by molar-refractivity contribution is 7.10. The fourth-order valence-corrected chi connectivity index (χ4v) is 2.21. The van der Waals surface area contributed by atoms with Gasteiger partial charge in [-0.1, -0.05) is 6.07 Å². The van der Waals surface area contributed by atoms with Gasteiger partial charge in [0, 0.05) is 10.4 Å². The topological polar surface area (TPSA) is 43.4 Å². The Morgan fingerprint density at radius 1 is 1.09 bits per heavy atom. The average molecular weight is 314 g/mol. The number of esters is 1. The smallest absolute Gasteiger partial charge is 0.316 e. The van der Waals surface area contributed by atoms with Crippen molar-refractivity contribution in [2.45, 2.75) is 20.8 Å². The van der Waals surface area contributed by atoms with Gasteiger partial charge in [0.1, 0.15) is 5.75 Å². The molecule has 1 heterocycles. The highest BCUT2D eigenvalue weighted by Gasteiger charge is 2.23. The van der Waals surface area contributed by atoms with E-state index in [1.165, 1.54) is 0 Å². The Kier molecular flexibility index (Phi) is 4.93. The minimum Gasteiger partial charge on any atom is -0.426 e. The Morgan fingerprint density at radius 3 is 2.32 bits per heavy atom. The van der Waals surface area contributed by atoms with Gasteiger partial charge < -0.3 is 4.74 Å². The molecule has 1 aromatic heterocycles. The third-order valence-electron chi connectivity index (χ3n) is 2.90. The van der Waals surface area contributed by atoms with Crippen LogP contribution >= 0.6 is 11.3 Å². The first-order valence-corrected chi connectivity index (χ1v) is 7.82. The molecule has 0 aliphatic heterocycles. The van der Waals surface area contributed by atoms with Gasteiger partial charge in [-0.15, -0.1) is 11.3 Å². The average Bonchev–Trinajstić information content (AvgIpc) is 2.98. The van der Waals surface area contributed by atoms with Crippen LogP contribution in [0.3, 0.4) is 0 Å². The second-order valence-electron chi connectivity index (χ2n) is 5.88. The van der Waals surface area contributed by atoms with E-state index in [-0.39, 0.29) is 11.8 Å². The van der Waals surface area contributed by atoms with Crippen molar-refractivity contribution in [3.63, 3.8) is 0 Å². The van der Waals surface area contributed by atoms with Crippen molar-refractivity contribution < 1.29 is 14.3 Å². The Hall–Kier alpha value is -2.20. The van der Waals surface area contributed by atoms with Crippen LogP contribution in [0, 0.1) is 5.41 Å². The first-order chi connectivity index (χ1) is 10.4. The molecule has 0 N–H and O–H groups in total. The number of thiophene rings is 1. The zero-order valence-electron chi connectivity index (χ0n) is 12.8. The summed E-state index contributed by atoms with van der Waals surface area (Å²) in [5.41, 5.74) is 0.00107. The SMILES string of the molecule is CC(C)(C)C(=O)Oc1ccc(C(=O)/C=C/c2cccs2)cc1. The van der Waals surface area contributed by atoms with Crippen LogP contribution in [-0.4, -0.2) is 11.8 Å². The lowest BCUT2D eigenvalue weighted by atomic mass is 9.97. The number of hydrogen-bond donors (Lipinski definition) is 0. The highest BCUT2D eigenvalue weighted by atomic mass is 32.1. The van der Waals surface area contributed by atoms with Gasteiger partial charge >= 0.3 is 5.97 Å². The number of carbonyl (C=O) groups is 2. The second-order valence-corrected chi connectivity index (χ2v) is 6.86. The van der Waals surface area contributed by atoms with E-state index in [2.05, 4.69) is 0 Å². The standard InChI is InChI=1S/C18H18O3S/c1-18(2,3)17(20)21-14-8-6-13(7-9-14)16(19)11-10-15-5-4-12-22-15/h4-12H,1-3H3/b11-10+. The summed E-state index contributed by atoms with van der Waals surface area (Å²) in [5, 5.41) is 1.96. The van der Waals surface area contributed by atoms with E-state index in [1.54, 1.807) is 68.5 Å². The van der Waals surface area contributed by atoms with Gasteiger partial charge in [0.15, 0.2) is 5.78 Å². The van der Waals surface area contributed by atoms with Crippen molar-refractivity contribution in [1.29, 1.82) is 0 Å². The molecule has 22 heavy (non-hydrogen) atoms. The van der Waals surface area contributed by atoms with Gasteiger partial charge in [-0.05, 0) is 68.6 Å². The Morgan fingerprint density at radius 2 is 1.77 bits per heavy atom. The summed E-state index contributed by atoms with van der Waals surface area (Å²) >= 11 is 1.58. The minimum atomic E-state index is -0.558. The molecule has 0 unspecified atom stereocenters. The summed E-state index contributed by atoms with van der Waals surface area (Å²) in [6, 6.07) is 10.5. The molecule has 0 aliphatic rings. The molecule has 1 aromatic carbocycles. The first-order valence-electron chi connectivity index (χ1n) is 6.94. The van der Waals surface area contributed by atoms with Gasteiger partial charge in [-0.3, -0.25) is 9.59 Å². The van der Waals surface area contributed by atoms with Crippen molar-refractivity contribution >= 4 is 29.2 Å². The molecule has 3 nitrogen and oxygen atoms in total. The number of ether oxygens (including phenoxy) is 1. The first kappa shape index (κ1) is 16.2. The van der Waals surface area contributed by atoms with E-state index in [1.807, 2.05) is 17.5 Å². The number of hydrogen-bond acceptors (Lipinski definition) is 4. The third-order valence-corrected chi connectivity index (χ3v) is 3.74. The van der Waals surface area contributed by atoms with Crippen molar-refractivity contribution in [3.8, 4) is 5.75 Å². The Bertz CT molecular complexity index is 674. The monoisotopic (exact) mass is 314 g/mol. The summed E-state index contributed by atoms with van der Waals surface area (Å²) in [4.78, 5) is 24.9. The predicted molar refractivity (Wildman–Crippen MR) is 89.2 cm³/mol. The summed E-state index contributed by atoms with van der Waals surface area (Å²) in [6.07, 6.45) is 3.34. The molecule has 0 radical (unpaired) electrons. The molecule has 0 bridgehead atoms. The van der Waals surface area contributed by atoms with Crippen LogP contribution in [0.2, 0.25) is 0 Å². The lowest BCUT2D eigenvalue weighted by molar-refractivity contribution is -0.142. The summed E-state index contributed by atoms with van der Waals surface area (Å²) in [5.74, 6) is 0.0602. The van der Waals surface area contributed by atoms with E-state index in [0.717, 1.165) is 4.88 Å². The molecule has 0 spiro atoms. The lowest BCUT2D eigenvalue weighted by Crippen LogP contribution is -2.25. The van der Waals surface area contributed by atoms with Crippen LogP contribution in [0.5, 0.6) is 5.75 Å². The summed E-state index contributed by atoms with van der Waals surface area (Å²) < 4.78 is 5.27. The number of ketones is 1.